The van der Waals surface area contributed by atoms with E-state index in [0.29, 0.717) is 19.3 Å². The third-order valence-electron chi connectivity index (χ3n) is 2.89. The molecule has 0 saturated heterocycles. The summed E-state index contributed by atoms with van der Waals surface area (Å²) in [4.78, 5) is 0.646. The van der Waals surface area contributed by atoms with Gasteiger partial charge in [0.2, 0.25) is 0 Å². The predicted octanol–water partition coefficient (Wildman–Crippen LogP) is 5.07. The van der Waals surface area contributed by atoms with Crippen LogP contribution in [0.2, 0.25) is 10.0 Å². The zero-order valence-corrected chi connectivity index (χ0v) is 12.6. The highest BCUT2D eigenvalue weighted by Crippen LogP contribution is 2.43. The molecule has 0 aliphatic carbocycles. The molecule has 96 valence electrons. The summed E-state index contributed by atoms with van der Waals surface area (Å²) >= 11 is 18.2. The molecule has 1 unspecified atom stereocenters. The fourth-order valence-corrected chi connectivity index (χ4v) is 4.16. The van der Waals surface area contributed by atoms with Gasteiger partial charge in [0.25, 0.3) is 0 Å². The molecule has 1 nitrogen and oxygen atoms in total. The molecule has 0 amide bonds. The van der Waals surface area contributed by atoms with Gasteiger partial charge in [0.05, 0.1) is 15.7 Å². The van der Waals surface area contributed by atoms with Crippen molar-refractivity contribution in [3.63, 3.8) is 0 Å². The van der Waals surface area contributed by atoms with Crippen LogP contribution in [0.4, 0.5) is 0 Å². The van der Waals surface area contributed by atoms with Crippen LogP contribution >= 0.6 is 34.8 Å². The van der Waals surface area contributed by atoms with E-state index < -0.39 is 10.8 Å². The summed E-state index contributed by atoms with van der Waals surface area (Å²) < 4.78 is 12.6. The Balaban J connectivity index is 2.25. The van der Waals surface area contributed by atoms with Crippen molar-refractivity contribution < 1.29 is 4.21 Å². The molecule has 2 aromatic rings. The van der Waals surface area contributed by atoms with Gasteiger partial charge in [0.15, 0.2) is 0 Å². The maximum absolute atomic E-state index is 12.2. The van der Waals surface area contributed by atoms with Crippen molar-refractivity contribution in [2.75, 3.05) is 0 Å². The normalized spacial score (nSPS) is 17.7. The Morgan fingerprint density at radius 2 is 1.63 bits per heavy atom. The summed E-state index contributed by atoms with van der Waals surface area (Å²) in [7, 11) is -1.37. The number of fused-ring (bicyclic) bond motifs is 1. The van der Waals surface area contributed by atoms with E-state index in [9.17, 15) is 4.21 Å². The van der Waals surface area contributed by atoms with E-state index in [1.807, 2.05) is 18.2 Å². The van der Waals surface area contributed by atoms with Crippen molar-refractivity contribution in [1.29, 1.82) is 0 Å². The Bertz CT molecular complexity index is 737. The van der Waals surface area contributed by atoms with Crippen LogP contribution in [0.15, 0.2) is 51.7 Å². The van der Waals surface area contributed by atoms with Gasteiger partial charge in [-0.15, -0.1) is 0 Å². The molecule has 19 heavy (non-hydrogen) atoms. The first kappa shape index (κ1) is 13.2. The third-order valence-corrected chi connectivity index (χ3v) is 5.23. The van der Waals surface area contributed by atoms with E-state index in [1.54, 1.807) is 24.3 Å². The Hall–Kier alpha value is -0.800. The van der Waals surface area contributed by atoms with Crippen molar-refractivity contribution in [3.8, 4) is 0 Å². The van der Waals surface area contributed by atoms with Crippen LogP contribution in [0.25, 0.3) is 5.57 Å². The minimum Gasteiger partial charge on any atom is -0.248 e. The molecule has 0 aromatic heterocycles. The number of hydrogen-bond donors (Lipinski definition) is 0. The van der Waals surface area contributed by atoms with Crippen molar-refractivity contribution >= 4 is 51.2 Å². The van der Waals surface area contributed by atoms with Gasteiger partial charge in [0.1, 0.15) is 4.36 Å². The molecule has 1 heterocycles. The minimum atomic E-state index is -1.37. The van der Waals surface area contributed by atoms with Crippen LogP contribution in [0.5, 0.6) is 0 Å². The Labute approximate surface area is 128 Å². The van der Waals surface area contributed by atoms with Crippen LogP contribution in [0, 0.1) is 0 Å². The van der Waals surface area contributed by atoms with E-state index in [2.05, 4.69) is 0 Å². The summed E-state index contributed by atoms with van der Waals surface area (Å²) in [5.74, 6) is 0. The van der Waals surface area contributed by atoms with Gasteiger partial charge in [0, 0.05) is 21.2 Å². The molecule has 5 heteroatoms. The first-order valence-electron chi connectivity index (χ1n) is 5.45. The second kappa shape index (κ2) is 4.95. The van der Waals surface area contributed by atoms with Gasteiger partial charge >= 0.3 is 0 Å². The fourth-order valence-electron chi connectivity index (χ4n) is 2.06. The lowest BCUT2D eigenvalue weighted by Gasteiger charge is -2.05. The highest BCUT2D eigenvalue weighted by atomic mass is 35.5. The summed E-state index contributed by atoms with van der Waals surface area (Å²) in [5.41, 5.74) is 2.45. The second-order valence-corrected chi connectivity index (χ2v) is 6.93. The van der Waals surface area contributed by atoms with Crippen molar-refractivity contribution in [3.05, 3.63) is 68.0 Å². The lowest BCUT2D eigenvalue weighted by Crippen LogP contribution is -1.87. The van der Waals surface area contributed by atoms with Crippen LogP contribution in [-0.4, -0.2) is 4.21 Å². The molecular formula is C14H7Cl3OS. The minimum absolute atomic E-state index is 0.319. The molecule has 1 aliphatic heterocycles. The lowest BCUT2D eigenvalue weighted by molar-refractivity contribution is 0.688. The zero-order valence-electron chi connectivity index (χ0n) is 9.49. The molecule has 1 atom stereocenters. The topological polar surface area (TPSA) is 17.1 Å². The number of rotatable bonds is 1. The third kappa shape index (κ3) is 2.23. The average Bonchev–Trinajstić information content (AvgIpc) is 2.62. The highest BCUT2D eigenvalue weighted by Gasteiger charge is 2.28. The Morgan fingerprint density at radius 1 is 0.895 bits per heavy atom. The molecule has 0 spiro atoms. The fraction of sp³-hybridized carbons (Fsp3) is 0. The van der Waals surface area contributed by atoms with Crippen molar-refractivity contribution in [2.45, 2.75) is 4.90 Å². The maximum Gasteiger partial charge on any atom is 0.118 e. The van der Waals surface area contributed by atoms with Gasteiger partial charge in [-0.05, 0) is 29.8 Å². The van der Waals surface area contributed by atoms with Crippen LogP contribution < -0.4 is 0 Å². The van der Waals surface area contributed by atoms with E-state index in [0.717, 1.165) is 16.7 Å². The maximum atomic E-state index is 12.2. The van der Waals surface area contributed by atoms with Crippen molar-refractivity contribution in [1.82, 2.24) is 0 Å². The molecule has 0 saturated carbocycles. The number of benzene rings is 2. The number of halogens is 3. The summed E-state index contributed by atoms with van der Waals surface area (Å²) in [6.45, 7) is 0. The van der Waals surface area contributed by atoms with Gasteiger partial charge in [-0.25, -0.2) is 4.21 Å². The second-order valence-electron chi connectivity index (χ2n) is 4.07. The summed E-state index contributed by atoms with van der Waals surface area (Å²) in [6, 6.07) is 12.6. The van der Waals surface area contributed by atoms with Crippen LogP contribution in [0.1, 0.15) is 11.1 Å². The van der Waals surface area contributed by atoms with E-state index in [-0.39, 0.29) is 0 Å². The SMILES string of the molecule is O=S1C(Cl)=C(c2cccc(Cl)c2)c2ccc(Cl)cc21. The predicted molar refractivity (Wildman–Crippen MR) is 81.2 cm³/mol. The quantitative estimate of drug-likeness (QED) is 0.714. The first-order chi connectivity index (χ1) is 9.08. The van der Waals surface area contributed by atoms with E-state index in [4.69, 9.17) is 34.8 Å². The molecular weight excluding hydrogens is 323 g/mol. The molecule has 2 aromatic carbocycles. The molecule has 1 aliphatic rings. The van der Waals surface area contributed by atoms with Crippen LogP contribution in [-0.2, 0) is 10.8 Å². The summed E-state index contributed by atoms with van der Waals surface area (Å²) in [6.07, 6.45) is 0. The smallest absolute Gasteiger partial charge is 0.118 e. The molecule has 3 rings (SSSR count). The monoisotopic (exact) mass is 328 g/mol. The largest absolute Gasteiger partial charge is 0.248 e. The summed E-state index contributed by atoms with van der Waals surface area (Å²) in [5, 5.41) is 1.16. The van der Waals surface area contributed by atoms with Gasteiger partial charge in [-0.3, -0.25) is 0 Å². The highest BCUT2D eigenvalue weighted by molar-refractivity contribution is 7.91. The molecule has 0 bridgehead atoms. The molecule has 0 radical (unpaired) electrons. The van der Waals surface area contributed by atoms with Crippen LogP contribution in [0.3, 0.4) is 0 Å². The average molecular weight is 330 g/mol. The lowest BCUT2D eigenvalue weighted by atomic mass is 10.00. The zero-order chi connectivity index (χ0) is 13.6. The first-order valence-corrected chi connectivity index (χ1v) is 7.73. The van der Waals surface area contributed by atoms with Crippen molar-refractivity contribution in [2.24, 2.45) is 0 Å². The van der Waals surface area contributed by atoms with Gasteiger partial charge in [-0.2, -0.15) is 0 Å². The van der Waals surface area contributed by atoms with Gasteiger partial charge in [-0.1, -0.05) is 53.0 Å². The Kier molecular flexibility index (Phi) is 3.44. The standard InChI is InChI=1S/C14H7Cl3OS/c15-9-3-1-2-8(6-9)13-11-5-4-10(16)7-12(11)19(18)14(13)17/h1-7H. The number of hydrogen-bond acceptors (Lipinski definition) is 1. The molecule has 0 fully saturated rings. The molecule has 0 N–H and O–H groups in total. The van der Waals surface area contributed by atoms with E-state index in [1.165, 1.54) is 0 Å². The Morgan fingerprint density at radius 3 is 2.37 bits per heavy atom. The van der Waals surface area contributed by atoms with Gasteiger partial charge < -0.3 is 0 Å². The van der Waals surface area contributed by atoms with E-state index >= 15 is 0 Å².